The zero-order valence-corrected chi connectivity index (χ0v) is 13.1. The lowest BCUT2D eigenvalue weighted by Crippen LogP contribution is -2.40. The van der Waals surface area contributed by atoms with Crippen LogP contribution in [0.5, 0.6) is 0 Å². The number of unbranched alkanes of at least 4 members (excludes halogenated alkanes) is 2. The molecule has 1 aliphatic heterocycles. The van der Waals surface area contributed by atoms with Gasteiger partial charge in [0.05, 0.1) is 13.2 Å². The minimum Gasteiger partial charge on any atom is -0.446 e. The predicted molar refractivity (Wildman–Crippen MR) is 85.2 cm³/mol. The van der Waals surface area contributed by atoms with Gasteiger partial charge in [0.15, 0.2) is 0 Å². The van der Waals surface area contributed by atoms with Crippen LogP contribution in [-0.2, 0) is 11.3 Å². The van der Waals surface area contributed by atoms with Gasteiger partial charge in [-0.05, 0) is 30.9 Å². The number of nitrogens with zero attached hydrogens (tertiary/aromatic N) is 1. The number of nitrogens with one attached hydrogen (secondary N) is 1. The second kappa shape index (κ2) is 7.91. The van der Waals surface area contributed by atoms with Crippen molar-refractivity contribution in [1.82, 2.24) is 4.90 Å². The Morgan fingerprint density at radius 1 is 1.33 bits per heavy atom. The number of carbonyl (C=O) groups excluding carboxylic acids is 1. The van der Waals surface area contributed by atoms with Gasteiger partial charge >= 0.3 is 6.09 Å². The van der Waals surface area contributed by atoms with Crippen molar-refractivity contribution in [3.8, 4) is 0 Å². The smallest absolute Gasteiger partial charge is 0.411 e. The van der Waals surface area contributed by atoms with E-state index in [2.05, 4.69) is 19.2 Å². The normalized spacial score (nSPS) is 15.0. The first-order chi connectivity index (χ1) is 10.2. The van der Waals surface area contributed by atoms with E-state index in [1.807, 2.05) is 24.3 Å². The van der Waals surface area contributed by atoms with Crippen LogP contribution in [0.4, 0.5) is 10.5 Å². The van der Waals surface area contributed by atoms with Gasteiger partial charge in [0.1, 0.15) is 6.10 Å². The number of para-hydroxylation sites is 1. The van der Waals surface area contributed by atoms with Crippen molar-refractivity contribution in [2.75, 3.05) is 12.0 Å². The minimum atomic E-state index is -0.208. The molecule has 0 aliphatic carbocycles. The van der Waals surface area contributed by atoms with Crippen molar-refractivity contribution in [1.29, 1.82) is 0 Å². The predicted octanol–water partition coefficient (Wildman–Crippen LogP) is 4.37. The van der Waals surface area contributed by atoms with E-state index in [1.165, 1.54) is 12.8 Å². The van der Waals surface area contributed by atoms with Crippen LogP contribution in [0.25, 0.3) is 0 Å². The number of fused-ring (bicyclic) bond motifs is 1. The molecule has 0 bridgehead atoms. The molecule has 1 N–H and O–H groups in total. The molecule has 1 atom stereocenters. The lowest BCUT2D eigenvalue weighted by molar-refractivity contribution is 0.0550. The Balaban J connectivity index is 1.86. The second-order valence-corrected chi connectivity index (χ2v) is 5.60. The Kier molecular flexibility index (Phi) is 5.90. The largest absolute Gasteiger partial charge is 0.446 e. The average molecular weight is 290 g/mol. The highest BCUT2D eigenvalue weighted by Gasteiger charge is 2.23. The van der Waals surface area contributed by atoms with Crippen LogP contribution in [0.1, 0.15) is 51.5 Å². The van der Waals surface area contributed by atoms with Crippen molar-refractivity contribution >= 4 is 11.8 Å². The third-order valence-corrected chi connectivity index (χ3v) is 3.95. The number of benzene rings is 1. The fourth-order valence-electron chi connectivity index (χ4n) is 2.59. The van der Waals surface area contributed by atoms with Crippen molar-refractivity contribution in [3.05, 3.63) is 29.8 Å². The molecule has 1 amide bonds. The van der Waals surface area contributed by atoms with E-state index in [1.54, 1.807) is 4.90 Å². The minimum absolute atomic E-state index is 0.0428. The molecule has 1 aromatic carbocycles. The van der Waals surface area contributed by atoms with Crippen LogP contribution in [0.15, 0.2) is 24.3 Å². The standard InChI is InChI=1S/C17H26N2O2/c1-3-5-6-10-15(4-2)21-17(20)19-12-14-9-7-8-11-16(14)18-13-19/h7-9,11,15,18H,3-6,10,12-13H2,1-2H3. The van der Waals surface area contributed by atoms with Gasteiger partial charge in [0.2, 0.25) is 0 Å². The zero-order chi connectivity index (χ0) is 15.1. The zero-order valence-electron chi connectivity index (χ0n) is 13.1. The third kappa shape index (κ3) is 4.38. The molecule has 1 heterocycles. The number of hydrogen-bond donors (Lipinski definition) is 1. The summed E-state index contributed by atoms with van der Waals surface area (Å²) in [4.78, 5) is 14.0. The molecule has 116 valence electrons. The Morgan fingerprint density at radius 3 is 2.90 bits per heavy atom. The summed E-state index contributed by atoms with van der Waals surface area (Å²) in [6, 6.07) is 8.08. The monoisotopic (exact) mass is 290 g/mol. The summed E-state index contributed by atoms with van der Waals surface area (Å²) < 4.78 is 5.65. The molecule has 1 unspecified atom stereocenters. The summed E-state index contributed by atoms with van der Waals surface area (Å²) in [5, 5.41) is 3.26. The molecule has 0 saturated heterocycles. The summed E-state index contributed by atoms with van der Waals surface area (Å²) >= 11 is 0. The van der Waals surface area contributed by atoms with Gasteiger partial charge in [-0.25, -0.2) is 4.79 Å². The van der Waals surface area contributed by atoms with Crippen molar-refractivity contribution in [2.45, 2.75) is 58.6 Å². The first-order valence-corrected chi connectivity index (χ1v) is 8.02. The fraction of sp³-hybridized carbons (Fsp3) is 0.588. The Morgan fingerprint density at radius 2 is 2.14 bits per heavy atom. The molecule has 21 heavy (non-hydrogen) atoms. The molecular weight excluding hydrogens is 264 g/mol. The molecule has 1 aromatic rings. The van der Waals surface area contributed by atoms with Gasteiger partial charge in [-0.1, -0.05) is 44.9 Å². The number of rotatable bonds is 6. The Hall–Kier alpha value is -1.71. The van der Waals surface area contributed by atoms with Crippen LogP contribution in [-0.4, -0.2) is 23.8 Å². The van der Waals surface area contributed by atoms with Gasteiger partial charge in [0.25, 0.3) is 0 Å². The van der Waals surface area contributed by atoms with Gasteiger partial charge < -0.3 is 10.1 Å². The Labute approximate surface area is 127 Å². The van der Waals surface area contributed by atoms with E-state index < -0.39 is 0 Å². The van der Waals surface area contributed by atoms with Gasteiger partial charge in [-0.3, -0.25) is 4.90 Å². The molecule has 0 saturated carbocycles. The maximum Gasteiger partial charge on any atom is 0.411 e. The van der Waals surface area contributed by atoms with Crippen molar-refractivity contribution < 1.29 is 9.53 Å². The van der Waals surface area contributed by atoms with Gasteiger partial charge in [-0.15, -0.1) is 0 Å². The average Bonchev–Trinajstić information content (AvgIpc) is 2.53. The van der Waals surface area contributed by atoms with Gasteiger partial charge in [0, 0.05) is 5.69 Å². The topological polar surface area (TPSA) is 41.6 Å². The summed E-state index contributed by atoms with van der Waals surface area (Å²) in [6.45, 7) is 5.39. The number of amides is 1. The highest BCUT2D eigenvalue weighted by molar-refractivity contribution is 5.70. The van der Waals surface area contributed by atoms with E-state index in [4.69, 9.17) is 4.74 Å². The molecule has 4 nitrogen and oxygen atoms in total. The fourth-order valence-corrected chi connectivity index (χ4v) is 2.59. The lowest BCUT2D eigenvalue weighted by atomic mass is 10.1. The van der Waals surface area contributed by atoms with Crippen molar-refractivity contribution in [3.63, 3.8) is 0 Å². The Bertz CT molecular complexity index is 462. The highest BCUT2D eigenvalue weighted by atomic mass is 16.6. The summed E-state index contributed by atoms with van der Waals surface area (Å²) in [7, 11) is 0. The first kappa shape index (κ1) is 15.7. The maximum absolute atomic E-state index is 12.3. The summed E-state index contributed by atoms with van der Waals surface area (Å²) in [6.07, 6.45) is 5.20. The van der Waals surface area contributed by atoms with Crippen LogP contribution >= 0.6 is 0 Å². The molecular formula is C17H26N2O2. The SMILES string of the molecule is CCCCCC(CC)OC(=O)N1CNc2ccccc2C1. The molecule has 4 heteroatoms. The summed E-state index contributed by atoms with van der Waals surface area (Å²) in [5.74, 6) is 0. The van der Waals surface area contributed by atoms with Gasteiger partial charge in [-0.2, -0.15) is 0 Å². The maximum atomic E-state index is 12.3. The number of carbonyl (C=O) groups is 1. The molecule has 0 fully saturated rings. The molecule has 0 aromatic heterocycles. The van der Waals surface area contributed by atoms with E-state index >= 15 is 0 Å². The van der Waals surface area contributed by atoms with Crippen LogP contribution in [0, 0.1) is 0 Å². The van der Waals surface area contributed by atoms with Crippen LogP contribution in [0.2, 0.25) is 0 Å². The summed E-state index contributed by atoms with van der Waals surface area (Å²) in [5.41, 5.74) is 2.25. The van der Waals surface area contributed by atoms with Crippen LogP contribution < -0.4 is 5.32 Å². The quantitative estimate of drug-likeness (QED) is 0.791. The third-order valence-electron chi connectivity index (χ3n) is 3.95. The van der Waals surface area contributed by atoms with Crippen LogP contribution in [0.3, 0.4) is 0 Å². The molecule has 2 rings (SSSR count). The number of hydrogen-bond acceptors (Lipinski definition) is 3. The second-order valence-electron chi connectivity index (χ2n) is 5.60. The highest BCUT2D eigenvalue weighted by Crippen LogP contribution is 2.22. The van der Waals surface area contributed by atoms with E-state index in [-0.39, 0.29) is 12.2 Å². The van der Waals surface area contributed by atoms with E-state index in [0.29, 0.717) is 13.2 Å². The van der Waals surface area contributed by atoms with Crippen molar-refractivity contribution in [2.24, 2.45) is 0 Å². The lowest BCUT2D eigenvalue weighted by Gasteiger charge is -2.30. The number of anilines is 1. The molecule has 0 spiro atoms. The number of ether oxygens (including phenoxy) is 1. The molecule has 1 aliphatic rings. The van der Waals surface area contributed by atoms with E-state index in [9.17, 15) is 4.79 Å². The first-order valence-electron chi connectivity index (χ1n) is 8.02. The van der Waals surface area contributed by atoms with E-state index in [0.717, 1.165) is 30.5 Å². The molecule has 0 radical (unpaired) electrons.